The van der Waals surface area contributed by atoms with Crippen LogP contribution < -0.4 is 0 Å². The molecule has 104 valence electrons. The Hall–Kier alpha value is -1.40. The molecule has 2 fully saturated rings. The Morgan fingerprint density at radius 3 is 2.79 bits per heavy atom. The number of likely N-dealkylation sites (N-methyl/N-ethyl adjacent to an activating group) is 1. The maximum atomic E-state index is 12.6. The molecule has 0 saturated carbocycles. The van der Waals surface area contributed by atoms with Crippen LogP contribution in [-0.4, -0.2) is 66.3 Å². The first kappa shape index (κ1) is 12.6. The average molecular weight is 265 g/mol. The van der Waals surface area contributed by atoms with Crippen LogP contribution in [0.5, 0.6) is 0 Å². The third-order valence-corrected chi connectivity index (χ3v) is 4.11. The number of ether oxygens (including phenoxy) is 1. The lowest BCUT2D eigenvalue weighted by Crippen LogP contribution is -2.48. The van der Waals surface area contributed by atoms with Crippen LogP contribution in [0.3, 0.4) is 0 Å². The van der Waals surface area contributed by atoms with E-state index in [4.69, 9.17) is 9.26 Å². The molecule has 0 spiro atoms. The zero-order valence-corrected chi connectivity index (χ0v) is 11.5. The van der Waals surface area contributed by atoms with Gasteiger partial charge >= 0.3 is 0 Å². The third kappa shape index (κ3) is 2.04. The van der Waals surface area contributed by atoms with Gasteiger partial charge in [0, 0.05) is 19.6 Å². The summed E-state index contributed by atoms with van der Waals surface area (Å²) in [5.41, 5.74) is 1.26. The Morgan fingerprint density at radius 1 is 1.37 bits per heavy atom. The van der Waals surface area contributed by atoms with Crippen molar-refractivity contribution in [3.63, 3.8) is 0 Å². The summed E-state index contributed by atoms with van der Waals surface area (Å²) in [6.45, 7) is 6.61. The monoisotopic (exact) mass is 265 g/mol. The van der Waals surface area contributed by atoms with Crippen LogP contribution in [0.2, 0.25) is 0 Å². The largest absolute Gasteiger partial charge is 0.373 e. The van der Waals surface area contributed by atoms with Crippen LogP contribution in [0.4, 0.5) is 0 Å². The van der Waals surface area contributed by atoms with Crippen LogP contribution in [0, 0.1) is 13.8 Å². The lowest BCUT2D eigenvalue weighted by atomic mass is 10.1. The van der Waals surface area contributed by atoms with Crippen LogP contribution >= 0.6 is 0 Å². The Bertz CT molecular complexity index is 480. The van der Waals surface area contributed by atoms with Gasteiger partial charge in [-0.05, 0) is 20.9 Å². The minimum absolute atomic E-state index is 0.00245. The molecule has 0 radical (unpaired) electrons. The van der Waals surface area contributed by atoms with Crippen molar-refractivity contribution in [3.05, 3.63) is 17.0 Å². The first-order chi connectivity index (χ1) is 9.08. The molecule has 3 heterocycles. The number of rotatable bonds is 1. The topological polar surface area (TPSA) is 58.8 Å². The second-order valence-corrected chi connectivity index (χ2v) is 5.37. The zero-order valence-electron chi connectivity index (χ0n) is 11.5. The minimum atomic E-state index is 0.00245. The SMILES string of the molecule is Cc1noc(C)c1C(=O)N1C[C@H]2OCCN(C)[C@H]2C1. The number of amides is 1. The highest BCUT2D eigenvalue weighted by molar-refractivity contribution is 5.96. The summed E-state index contributed by atoms with van der Waals surface area (Å²) in [7, 11) is 2.09. The van der Waals surface area contributed by atoms with E-state index in [2.05, 4.69) is 17.1 Å². The maximum Gasteiger partial charge on any atom is 0.259 e. The molecule has 0 aliphatic carbocycles. The average Bonchev–Trinajstić information content (AvgIpc) is 2.94. The molecule has 0 unspecified atom stereocenters. The Labute approximate surface area is 112 Å². The number of fused-ring (bicyclic) bond motifs is 1. The number of likely N-dealkylation sites (tertiary alicyclic amines) is 1. The molecule has 3 rings (SSSR count). The van der Waals surface area contributed by atoms with Gasteiger partial charge in [0.2, 0.25) is 0 Å². The van der Waals surface area contributed by atoms with Crippen molar-refractivity contribution in [1.29, 1.82) is 0 Å². The van der Waals surface area contributed by atoms with Gasteiger partial charge in [-0.1, -0.05) is 5.16 Å². The molecule has 0 aromatic carbocycles. The maximum absolute atomic E-state index is 12.6. The normalized spacial score (nSPS) is 27.6. The Balaban J connectivity index is 1.79. The highest BCUT2D eigenvalue weighted by Gasteiger charge is 2.41. The molecule has 1 amide bonds. The number of carbonyl (C=O) groups is 1. The van der Waals surface area contributed by atoms with Crippen molar-refractivity contribution in [1.82, 2.24) is 15.0 Å². The molecule has 2 aliphatic rings. The predicted molar refractivity (Wildman–Crippen MR) is 68.0 cm³/mol. The fourth-order valence-electron chi connectivity index (χ4n) is 2.97. The van der Waals surface area contributed by atoms with Crippen molar-refractivity contribution in [2.45, 2.75) is 26.0 Å². The van der Waals surface area contributed by atoms with Gasteiger partial charge < -0.3 is 14.2 Å². The summed E-state index contributed by atoms with van der Waals surface area (Å²) < 4.78 is 10.8. The number of hydrogen-bond donors (Lipinski definition) is 0. The second-order valence-electron chi connectivity index (χ2n) is 5.37. The quantitative estimate of drug-likeness (QED) is 0.737. The Kier molecular flexibility index (Phi) is 3.06. The zero-order chi connectivity index (χ0) is 13.6. The molecule has 19 heavy (non-hydrogen) atoms. The van der Waals surface area contributed by atoms with E-state index in [0.29, 0.717) is 36.1 Å². The van der Waals surface area contributed by atoms with Gasteiger partial charge in [-0.2, -0.15) is 0 Å². The van der Waals surface area contributed by atoms with Crippen molar-refractivity contribution in [3.8, 4) is 0 Å². The molecule has 0 N–H and O–H groups in total. The van der Waals surface area contributed by atoms with Crippen molar-refractivity contribution >= 4 is 5.91 Å². The van der Waals surface area contributed by atoms with Gasteiger partial charge in [0.05, 0.1) is 24.4 Å². The van der Waals surface area contributed by atoms with Crippen molar-refractivity contribution in [2.24, 2.45) is 0 Å². The van der Waals surface area contributed by atoms with Gasteiger partial charge in [-0.3, -0.25) is 9.69 Å². The Morgan fingerprint density at radius 2 is 2.16 bits per heavy atom. The molecule has 6 nitrogen and oxygen atoms in total. The molecule has 2 atom stereocenters. The van der Waals surface area contributed by atoms with Crippen molar-refractivity contribution < 1.29 is 14.1 Å². The molecular formula is C13H19N3O3. The molecule has 2 saturated heterocycles. The molecule has 6 heteroatoms. The first-order valence-corrected chi connectivity index (χ1v) is 6.62. The summed E-state index contributed by atoms with van der Waals surface area (Å²) in [5, 5.41) is 3.85. The molecule has 1 aromatic heterocycles. The van der Waals surface area contributed by atoms with E-state index >= 15 is 0 Å². The smallest absolute Gasteiger partial charge is 0.259 e. The summed E-state index contributed by atoms with van der Waals surface area (Å²) in [4.78, 5) is 16.7. The summed E-state index contributed by atoms with van der Waals surface area (Å²) in [6.07, 6.45) is 0.128. The fourth-order valence-corrected chi connectivity index (χ4v) is 2.97. The molecule has 2 aliphatic heterocycles. The third-order valence-electron chi connectivity index (χ3n) is 4.11. The van der Waals surface area contributed by atoms with Gasteiger partial charge in [0.1, 0.15) is 11.3 Å². The van der Waals surface area contributed by atoms with Gasteiger partial charge in [0.15, 0.2) is 0 Å². The number of nitrogens with zero attached hydrogens (tertiary/aromatic N) is 3. The molecule has 0 bridgehead atoms. The first-order valence-electron chi connectivity index (χ1n) is 6.62. The van der Waals surface area contributed by atoms with E-state index in [1.807, 2.05) is 4.90 Å². The molecule has 1 aromatic rings. The summed E-state index contributed by atoms with van der Waals surface area (Å²) in [5.74, 6) is 0.592. The number of hydrogen-bond acceptors (Lipinski definition) is 5. The number of morpholine rings is 1. The minimum Gasteiger partial charge on any atom is -0.373 e. The van der Waals surface area contributed by atoms with Crippen LogP contribution in [0.15, 0.2) is 4.52 Å². The lowest BCUT2D eigenvalue weighted by molar-refractivity contribution is -0.0368. The lowest BCUT2D eigenvalue weighted by Gasteiger charge is -2.33. The van der Waals surface area contributed by atoms with Gasteiger partial charge in [0.25, 0.3) is 5.91 Å². The van der Waals surface area contributed by atoms with Gasteiger partial charge in [-0.25, -0.2) is 0 Å². The van der Waals surface area contributed by atoms with E-state index in [9.17, 15) is 4.79 Å². The van der Waals surface area contributed by atoms with Crippen LogP contribution in [0.25, 0.3) is 0 Å². The fraction of sp³-hybridized carbons (Fsp3) is 0.692. The van der Waals surface area contributed by atoms with E-state index < -0.39 is 0 Å². The van der Waals surface area contributed by atoms with Gasteiger partial charge in [-0.15, -0.1) is 0 Å². The number of aromatic nitrogens is 1. The van der Waals surface area contributed by atoms with Crippen LogP contribution in [0.1, 0.15) is 21.8 Å². The standard InChI is InChI=1S/C13H19N3O3/c1-8-12(9(2)19-14-8)13(17)16-6-10-11(7-16)18-5-4-15(10)3/h10-11H,4-7H2,1-3H3/t10-,11+/m0/s1. The van der Waals surface area contributed by atoms with E-state index in [1.54, 1.807) is 13.8 Å². The van der Waals surface area contributed by atoms with E-state index in [-0.39, 0.29) is 12.0 Å². The van der Waals surface area contributed by atoms with Crippen LogP contribution in [-0.2, 0) is 4.74 Å². The number of aryl methyl sites for hydroxylation is 2. The van der Waals surface area contributed by atoms with E-state index in [0.717, 1.165) is 13.2 Å². The highest BCUT2D eigenvalue weighted by atomic mass is 16.5. The van der Waals surface area contributed by atoms with E-state index in [1.165, 1.54) is 0 Å². The highest BCUT2D eigenvalue weighted by Crippen LogP contribution is 2.24. The summed E-state index contributed by atoms with van der Waals surface area (Å²) in [6, 6.07) is 0.304. The number of carbonyl (C=O) groups excluding carboxylic acids is 1. The van der Waals surface area contributed by atoms with Crippen molar-refractivity contribution in [2.75, 3.05) is 33.3 Å². The second kappa shape index (κ2) is 4.61. The molecular weight excluding hydrogens is 246 g/mol. The predicted octanol–water partition coefficient (Wildman–Crippen LogP) is 0.446. The summed E-state index contributed by atoms with van der Waals surface area (Å²) >= 11 is 0.